The fraction of sp³-hybridized carbons (Fsp3) is 0.182. The molecule has 2 aromatic rings. The number of nitrogens with one attached hydrogen (secondary N) is 1. The van der Waals surface area contributed by atoms with E-state index >= 15 is 0 Å². The maximum atomic E-state index is 11.6. The van der Waals surface area contributed by atoms with Crippen LogP contribution in [0.15, 0.2) is 23.6 Å². The van der Waals surface area contributed by atoms with Gasteiger partial charge in [-0.2, -0.15) is 0 Å². The number of nitrogens with zero attached hydrogens (tertiary/aromatic N) is 1. The summed E-state index contributed by atoms with van der Waals surface area (Å²) >= 11 is 1.53. The van der Waals surface area contributed by atoms with Crippen molar-refractivity contribution in [3.8, 4) is 5.00 Å². The fourth-order valence-electron chi connectivity index (χ4n) is 1.71. The molecule has 0 aliphatic rings. The quantitative estimate of drug-likeness (QED) is 0.473. The Hall–Kier alpha value is -1.59. The summed E-state index contributed by atoms with van der Waals surface area (Å²) in [5, 5.41) is 2.79. The van der Waals surface area contributed by atoms with Crippen LogP contribution in [0.25, 0.3) is 5.00 Å². The standard InChI is InChI=1S/C11H13N3OS/c1-7-3-4-8(2)14(7)11-9(5-6-16-11)10(15)13-12/h3-6H,12H2,1-2H3,(H,13,15). The summed E-state index contributed by atoms with van der Waals surface area (Å²) in [6.45, 7) is 4.02. The van der Waals surface area contributed by atoms with Crippen molar-refractivity contribution in [3.63, 3.8) is 0 Å². The van der Waals surface area contributed by atoms with E-state index in [0.717, 1.165) is 16.4 Å². The first-order valence-corrected chi connectivity index (χ1v) is 5.77. The van der Waals surface area contributed by atoms with E-state index < -0.39 is 0 Å². The van der Waals surface area contributed by atoms with Crippen molar-refractivity contribution < 1.29 is 4.79 Å². The van der Waals surface area contributed by atoms with E-state index in [9.17, 15) is 4.79 Å². The maximum absolute atomic E-state index is 11.6. The Morgan fingerprint density at radius 2 is 1.94 bits per heavy atom. The molecular weight excluding hydrogens is 222 g/mol. The predicted molar refractivity (Wildman–Crippen MR) is 64.8 cm³/mol. The SMILES string of the molecule is Cc1ccc(C)n1-c1sccc1C(=O)NN. The van der Waals surface area contributed by atoms with Crippen molar-refractivity contribution >= 4 is 17.2 Å². The molecule has 0 radical (unpaired) electrons. The minimum absolute atomic E-state index is 0.260. The fourth-order valence-corrected chi connectivity index (χ4v) is 2.73. The summed E-state index contributed by atoms with van der Waals surface area (Å²) in [5.41, 5.74) is 4.98. The number of thiophene rings is 1. The lowest BCUT2D eigenvalue weighted by atomic mass is 10.3. The van der Waals surface area contributed by atoms with Crippen LogP contribution in [0.2, 0.25) is 0 Å². The summed E-state index contributed by atoms with van der Waals surface area (Å²) in [7, 11) is 0. The van der Waals surface area contributed by atoms with E-state index in [1.54, 1.807) is 6.07 Å². The highest BCUT2D eigenvalue weighted by Crippen LogP contribution is 2.25. The summed E-state index contributed by atoms with van der Waals surface area (Å²) in [6, 6.07) is 5.83. The van der Waals surface area contributed by atoms with Crippen LogP contribution in [-0.4, -0.2) is 10.5 Å². The Morgan fingerprint density at radius 3 is 2.50 bits per heavy atom. The first-order chi connectivity index (χ1) is 7.65. The summed E-state index contributed by atoms with van der Waals surface area (Å²) < 4.78 is 2.05. The Labute approximate surface area is 97.7 Å². The zero-order chi connectivity index (χ0) is 11.7. The number of rotatable bonds is 2. The zero-order valence-corrected chi connectivity index (χ0v) is 9.97. The summed E-state index contributed by atoms with van der Waals surface area (Å²) in [6.07, 6.45) is 0. The van der Waals surface area contributed by atoms with Gasteiger partial charge in [0.05, 0.1) is 5.56 Å². The molecule has 5 heteroatoms. The van der Waals surface area contributed by atoms with E-state index in [0.29, 0.717) is 5.56 Å². The van der Waals surface area contributed by atoms with Crippen LogP contribution in [-0.2, 0) is 0 Å². The second-order valence-corrected chi connectivity index (χ2v) is 4.46. The summed E-state index contributed by atoms with van der Waals surface area (Å²) in [5.74, 6) is 4.90. The smallest absolute Gasteiger partial charge is 0.268 e. The minimum atomic E-state index is -0.260. The van der Waals surface area contributed by atoms with E-state index in [1.807, 2.05) is 31.4 Å². The number of aryl methyl sites for hydroxylation is 2. The number of amides is 1. The van der Waals surface area contributed by atoms with Crippen molar-refractivity contribution in [2.75, 3.05) is 0 Å². The largest absolute Gasteiger partial charge is 0.309 e. The number of nitrogen functional groups attached to an aromatic ring is 1. The van der Waals surface area contributed by atoms with Gasteiger partial charge in [-0.1, -0.05) is 0 Å². The molecule has 0 aliphatic heterocycles. The second kappa shape index (κ2) is 4.11. The van der Waals surface area contributed by atoms with Gasteiger partial charge < -0.3 is 4.57 Å². The molecule has 84 valence electrons. The highest BCUT2D eigenvalue weighted by atomic mass is 32.1. The monoisotopic (exact) mass is 235 g/mol. The molecule has 4 nitrogen and oxygen atoms in total. The molecule has 1 amide bonds. The Balaban J connectivity index is 2.57. The third-order valence-electron chi connectivity index (χ3n) is 2.49. The van der Waals surface area contributed by atoms with Gasteiger partial charge in [-0.15, -0.1) is 11.3 Å². The lowest BCUT2D eigenvalue weighted by Gasteiger charge is -2.09. The molecule has 2 heterocycles. The van der Waals surface area contributed by atoms with Crippen molar-refractivity contribution in [2.24, 2.45) is 5.84 Å². The second-order valence-electron chi connectivity index (χ2n) is 3.56. The van der Waals surface area contributed by atoms with E-state index in [-0.39, 0.29) is 5.91 Å². The van der Waals surface area contributed by atoms with Crippen LogP contribution in [0.4, 0.5) is 0 Å². The number of nitrogens with two attached hydrogens (primary N) is 1. The van der Waals surface area contributed by atoms with Gasteiger partial charge in [0, 0.05) is 11.4 Å². The molecule has 0 atom stereocenters. The lowest BCUT2D eigenvalue weighted by molar-refractivity contribution is 0.0954. The summed E-state index contributed by atoms with van der Waals surface area (Å²) in [4.78, 5) is 11.6. The number of carbonyl (C=O) groups is 1. The molecule has 0 saturated carbocycles. The van der Waals surface area contributed by atoms with Gasteiger partial charge in [-0.05, 0) is 37.4 Å². The van der Waals surface area contributed by atoms with Crippen LogP contribution in [0.1, 0.15) is 21.7 Å². The third-order valence-corrected chi connectivity index (χ3v) is 3.39. The third kappa shape index (κ3) is 1.64. The van der Waals surface area contributed by atoms with Crippen LogP contribution in [0.3, 0.4) is 0 Å². The van der Waals surface area contributed by atoms with E-state index in [4.69, 9.17) is 5.84 Å². The van der Waals surface area contributed by atoms with Crippen LogP contribution in [0, 0.1) is 13.8 Å². The van der Waals surface area contributed by atoms with Crippen molar-refractivity contribution in [1.82, 2.24) is 9.99 Å². The van der Waals surface area contributed by atoms with Gasteiger partial charge in [-0.25, -0.2) is 5.84 Å². The Kier molecular flexibility index (Phi) is 2.80. The van der Waals surface area contributed by atoms with Gasteiger partial charge in [0.25, 0.3) is 5.91 Å². The molecular formula is C11H13N3OS. The van der Waals surface area contributed by atoms with E-state index in [1.165, 1.54) is 11.3 Å². The highest BCUT2D eigenvalue weighted by Gasteiger charge is 2.15. The molecule has 0 aliphatic carbocycles. The van der Waals surface area contributed by atoms with Gasteiger partial charge in [0.15, 0.2) is 0 Å². The van der Waals surface area contributed by atoms with Gasteiger partial charge in [-0.3, -0.25) is 10.2 Å². The topological polar surface area (TPSA) is 60.0 Å². The predicted octanol–water partition coefficient (Wildman–Crippen LogP) is 1.76. The number of hydrazine groups is 1. The van der Waals surface area contributed by atoms with Crippen molar-refractivity contribution in [2.45, 2.75) is 13.8 Å². The molecule has 0 spiro atoms. The molecule has 0 unspecified atom stereocenters. The van der Waals surface area contributed by atoms with Crippen LogP contribution in [0.5, 0.6) is 0 Å². The molecule has 2 rings (SSSR count). The Morgan fingerprint density at radius 1 is 1.31 bits per heavy atom. The first-order valence-electron chi connectivity index (χ1n) is 4.89. The first kappa shape index (κ1) is 10.9. The average molecular weight is 235 g/mol. The van der Waals surface area contributed by atoms with Crippen LogP contribution >= 0.6 is 11.3 Å². The molecule has 16 heavy (non-hydrogen) atoms. The minimum Gasteiger partial charge on any atom is -0.309 e. The number of hydrogen-bond acceptors (Lipinski definition) is 3. The molecule has 0 aromatic carbocycles. The van der Waals surface area contributed by atoms with Crippen LogP contribution < -0.4 is 11.3 Å². The molecule has 0 saturated heterocycles. The van der Waals surface area contributed by atoms with Gasteiger partial charge in [0.1, 0.15) is 5.00 Å². The van der Waals surface area contributed by atoms with Gasteiger partial charge >= 0.3 is 0 Å². The molecule has 0 fully saturated rings. The zero-order valence-electron chi connectivity index (χ0n) is 9.15. The normalized spacial score (nSPS) is 10.4. The van der Waals surface area contributed by atoms with Crippen molar-refractivity contribution in [1.29, 1.82) is 0 Å². The molecule has 0 bridgehead atoms. The van der Waals surface area contributed by atoms with Crippen molar-refractivity contribution in [3.05, 3.63) is 40.5 Å². The number of carbonyl (C=O) groups excluding carboxylic acids is 1. The Bertz CT molecular complexity index is 508. The maximum Gasteiger partial charge on any atom is 0.268 e. The number of hydrogen-bond donors (Lipinski definition) is 2. The van der Waals surface area contributed by atoms with Gasteiger partial charge in [0.2, 0.25) is 0 Å². The highest BCUT2D eigenvalue weighted by molar-refractivity contribution is 7.13. The average Bonchev–Trinajstić information content (AvgIpc) is 2.84. The lowest BCUT2D eigenvalue weighted by Crippen LogP contribution is -2.30. The number of aromatic nitrogens is 1. The molecule has 2 aromatic heterocycles. The van der Waals surface area contributed by atoms with E-state index in [2.05, 4.69) is 9.99 Å². The molecule has 3 N–H and O–H groups in total.